The Labute approximate surface area is 200 Å². The molecule has 2 unspecified atom stereocenters. The Bertz CT molecular complexity index is 1030. The summed E-state index contributed by atoms with van der Waals surface area (Å²) in [5, 5.41) is 13.3. The molecule has 2 aromatic rings. The van der Waals surface area contributed by atoms with E-state index < -0.39 is 36.6 Å². The number of alkyl carbamates (subject to hydrolysis) is 1. The van der Waals surface area contributed by atoms with Crippen molar-refractivity contribution in [2.45, 2.75) is 31.9 Å². The van der Waals surface area contributed by atoms with Crippen LogP contribution in [0.2, 0.25) is 0 Å². The van der Waals surface area contributed by atoms with Gasteiger partial charge in [0.2, 0.25) is 5.91 Å². The van der Waals surface area contributed by atoms with Gasteiger partial charge in [-0.1, -0.05) is 55.5 Å². The fraction of sp³-hybridized carbons (Fsp3) is 0.400. The summed E-state index contributed by atoms with van der Waals surface area (Å²) >= 11 is 0. The average Bonchev–Trinajstić information content (AvgIpc) is 3.10. The summed E-state index contributed by atoms with van der Waals surface area (Å²) in [6, 6.07) is 15.9. The summed E-state index contributed by atoms with van der Waals surface area (Å²) in [7, 11) is 0. The molecule has 188 valence electrons. The fourth-order valence-electron chi connectivity index (χ4n) is 4.12. The van der Waals surface area contributed by atoms with Crippen LogP contribution in [0.3, 0.4) is 0 Å². The zero-order valence-corrected chi connectivity index (χ0v) is 19.1. The number of carbonyl (C=O) groups excluding carboxylic acids is 2. The number of carbonyl (C=O) groups is 3. The van der Waals surface area contributed by atoms with Gasteiger partial charge in [0, 0.05) is 25.4 Å². The molecule has 0 aliphatic heterocycles. The molecule has 2 amide bonds. The Morgan fingerprint density at radius 1 is 1.00 bits per heavy atom. The first kappa shape index (κ1) is 26.1. The van der Waals surface area contributed by atoms with Gasteiger partial charge in [-0.05, 0) is 34.6 Å². The van der Waals surface area contributed by atoms with Crippen molar-refractivity contribution in [1.82, 2.24) is 10.6 Å². The number of alkyl halides is 3. The van der Waals surface area contributed by atoms with Crippen LogP contribution in [0.15, 0.2) is 48.5 Å². The van der Waals surface area contributed by atoms with Crippen molar-refractivity contribution in [3.05, 3.63) is 59.7 Å². The molecule has 7 nitrogen and oxygen atoms in total. The minimum atomic E-state index is -4.95. The lowest BCUT2D eigenvalue weighted by atomic mass is 9.98. The topological polar surface area (TPSA) is 105 Å². The number of fused-ring (bicyclic) bond motifs is 3. The number of carboxylic acids is 1. The first-order valence-electron chi connectivity index (χ1n) is 11.2. The molecule has 0 spiro atoms. The normalized spacial score (nSPS) is 14.4. The molecule has 35 heavy (non-hydrogen) atoms. The number of hydrogen-bond acceptors (Lipinski definition) is 4. The zero-order valence-electron chi connectivity index (χ0n) is 19.1. The number of benzene rings is 2. The van der Waals surface area contributed by atoms with E-state index in [9.17, 15) is 27.6 Å². The van der Waals surface area contributed by atoms with Gasteiger partial charge >= 0.3 is 18.2 Å². The predicted molar refractivity (Wildman–Crippen MR) is 122 cm³/mol. The van der Waals surface area contributed by atoms with E-state index >= 15 is 0 Å². The molecule has 3 N–H and O–H groups in total. The van der Waals surface area contributed by atoms with Crippen LogP contribution < -0.4 is 10.6 Å². The van der Waals surface area contributed by atoms with Crippen molar-refractivity contribution in [3.8, 4) is 11.1 Å². The molecule has 0 fully saturated rings. The molecule has 0 bridgehead atoms. The third-order valence-electron chi connectivity index (χ3n) is 5.98. The highest BCUT2D eigenvalue weighted by Crippen LogP contribution is 2.44. The average molecular weight is 492 g/mol. The second kappa shape index (κ2) is 11.2. The van der Waals surface area contributed by atoms with Crippen molar-refractivity contribution in [2.75, 3.05) is 19.7 Å². The molecule has 10 heteroatoms. The Hall–Kier alpha value is -3.56. The molecule has 0 radical (unpaired) electrons. The van der Waals surface area contributed by atoms with Crippen LogP contribution in [0, 0.1) is 11.8 Å². The Kier molecular flexibility index (Phi) is 8.37. The maximum Gasteiger partial charge on any atom is 0.407 e. The Morgan fingerprint density at radius 3 is 2.11 bits per heavy atom. The highest BCUT2D eigenvalue weighted by Gasteiger charge is 2.45. The van der Waals surface area contributed by atoms with Crippen LogP contribution >= 0.6 is 0 Å². The minimum absolute atomic E-state index is 0.0675. The number of amides is 2. The van der Waals surface area contributed by atoms with Gasteiger partial charge in [-0.2, -0.15) is 13.2 Å². The summed E-state index contributed by atoms with van der Waals surface area (Å²) in [4.78, 5) is 34.8. The number of aliphatic carboxylic acids is 1. The third-order valence-corrected chi connectivity index (χ3v) is 5.98. The smallest absolute Gasteiger partial charge is 0.407 e. The van der Waals surface area contributed by atoms with Crippen molar-refractivity contribution in [3.63, 3.8) is 0 Å². The fourth-order valence-corrected chi connectivity index (χ4v) is 4.12. The molecule has 1 aliphatic carbocycles. The van der Waals surface area contributed by atoms with Crippen molar-refractivity contribution < 1.29 is 37.4 Å². The first-order chi connectivity index (χ1) is 16.6. The van der Waals surface area contributed by atoms with Gasteiger partial charge in [0.15, 0.2) is 5.92 Å². The summed E-state index contributed by atoms with van der Waals surface area (Å²) < 4.78 is 43.4. The van der Waals surface area contributed by atoms with Gasteiger partial charge in [0.25, 0.3) is 0 Å². The van der Waals surface area contributed by atoms with E-state index in [1.165, 1.54) is 0 Å². The standard InChI is InChI=1S/C25H27F3N2O5/c1-15(12-22(31)30-13-21(23(32)33)25(26,27)28)10-11-29-24(34)35-14-20-18-8-4-2-6-16(18)17-7-3-5-9-19(17)20/h2-9,15,20-21H,10-14H2,1H3,(H,29,34)(H,30,31)(H,32,33). The lowest BCUT2D eigenvalue weighted by Crippen LogP contribution is -2.41. The van der Waals surface area contributed by atoms with E-state index in [0.29, 0.717) is 6.42 Å². The Balaban J connectivity index is 1.39. The number of hydrogen-bond donors (Lipinski definition) is 3. The highest BCUT2D eigenvalue weighted by atomic mass is 19.4. The van der Waals surface area contributed by atoms with Crippen LogP contribution in [-0.4, -0.2) is 48.9 Å². The predicted octanol–water partition coefficient (Wildman–Crippen LogP) is 4.32. The molecule has 0 aromatic heterocycles. The molecule has 0 saturated heterocycles. The maximum absolute atomic E-state index is 12.6. The Morgan fingerprint density at radius 2 is 1.57 bits per heavy atom. The first-order valence-corrected chi connectivity index (χ1v) is 11.2. The number of carboxylic acid groups (broad SMARTS) is 1. The number of halogens is 3. The zero-order chi connectivity index (χ0) is 25.6. The van der Waals surface area contributed by atoms with Crippen LogP contribution in [0.5, 0.6) is 0 Å². The van der Waals surface area contributed by atoms with Crippen molar-refractivity contribution >= 4 is 18.0 Å². The van der Waals surface area contributed by atoms with Crippen LogP contribution in [0.1, 0.15) is 36.8 Å². The van der Waals surface area contributed by atoms with Gasteiger partial charge in [-0.15, -0.1) is 0 Å². The molecule has 2 atom stereocenters. The summed E-state index contributed by atoms with van der Waals surface area (Å²) in [5.41, 5.74) is 4.43. The van der Waals surface area contributed by atoms with Crippen molar-refractivity contribution in [1.29, 1.82) is 0 Å². The number of nitrogens with one attached hydrogen (secondary N) is 2. The molecule has 3 rings (SSSR count). The molecule has 0 saturated carbocycles. The molecular formula is C25H27F3N2O5. The third kappa shape index (κ3) is 6.74. The summed E-state index contributed by atoms with van der Waals surface area (Å²) in [6.07, 6.45) is -5.26. The maximum atomic E-state index is 12.6. The summed E-state index contributed by atoms with van der Waals surface area (Å²) in [6.45, 7) is 1.06. The minimum Gasteiger partial charge on any atom is -0.481 e. The van der Waals surface area contributed by atoms with E-state index in [1.54, 1.807) is 6.92 Å². The molecule has 0 heterocycles. The van der Waals surface area contributed by atoms with E-state index in [2.05, 4.69) is 5.32 Å². The van der Waals surface area contributed by atoms with Crippen molar-refractivity contribution in [2.24, 2.45) is 11.8 Å². The quantitative estimate of drug-likeness (QED) is 0.458. The second-order valence-corrected chi connectivity index (χ2v) is 8.59. The van der Waals surface area contributed by atoms with Gasteiger partial charge in [0.05, 0.1) is 0 Å². The summed E-state index contributed by atoms with van der Waals surface area (Å²) in [5.74, 6) is -5.70. The lowest BCUT2D eigenvalue weighted by molar-refractivity contribution is -0.192. The molecule has 2 aromatic carbocycles. The van der Waals surface area contributed by atoms with Crippen LogP contribution in [0.25, 0.3) is 11.1 Å². The van der Waals surface area contributed by atoms with E-state index in [4.69, 9.17) is 9.84 Å². The monoisotopic (exact) mass is 492 g/mol. The van der Waals surface area contributed by atoms with Gasteiger partial charge in [0.1, 0.15) is 6.61 Å². The lowest BCUT2D eigenvalue weighted by Gasteiger charge is -2.18. The molecular weight excluding hydrogens is 465 g/mol. The van der Waals surface area contributed by atoms with Crippen LogP contribution in [-0.2, 0) is 14.3 Å². The highest BCUT2D eigenvalue weighted by molar-refractivity contribution is 5.79. The van der Waals surface area contributed by atoms with Gasteiger partial charge in [-0.3, -0.25) is 9.59 Å². The van der Waals surface area contributed by atoms with E-state index in [-0.39, 0.29) is 31.4 Å². The number of ether oxygens (including phenoxy) is 1. The molecule has 1 aliphatic rings. The van der Waals surface area contributed by atoms with Gasteiger partial charge in [-0.25, -0.2) is 4.79 Å². The SMILES string of the molecule is CC(CCNC(=O)OCC1c2ccccc2-c2ccccc21)CC(=O)NCC(C(=O)O)C(F)(F)F. The largest absolute Gasteiger partial charge is 0.481 e. The van der Waals surface area contributed by atoms with E-state index in [0.717, 1.165) is 22.3 Å². The van der Waals surface area contributed by atoms with E-state index in [1.807, 2.05) is 53.8 Å². The number of rotatable bonds is 10. The van der Waals surface area contributed by atoms with Gasteiger partial charge < -0.3 is 20.5 Å². The second-order valence-electron chi connectivity index (χ2n) is 8.59. The van der Waals surface area contributed by atoms with Crippen LogP contribution in [0.4, 0.5) is 18.0 Å².